The molecule has 0 atom stereocenters. The second kappa shape index (κ2) is 10.4. The van der Waals surface area contributed by atoms with Gasteiger partial charge in [0.15, 0.2) is 0 Å². The molecule has 0 aromatic heterocycles. The van der Waals surface area contributed by atoms with E-state index in [2.05, 4.69) is 5.32 Å². The normalized spacial score (nSPS) is 10.2. The number of hydrogen-bond acceptors (Lipinski definition) is 4. The number of carbonyl (C=O) groups is 2. The second-order valence-corrected chi connectivity index (χ2v) is 5.06. The van der Waals surface area contributed by atoms with Gasteiger partial charge < -0.3 is 24.8 Å². The number of benzene rings is 1. The van der Waals surface area contributed by atoms with E-state index in [0.29, 0.717) is 19.8 Å². The molecule has 0 fully saturated rings. The van der Waals surface area contributed by atoms with Crippen molar-refractivity contribution in [1.82, 2.24) is 10.2 Å². The second-order valence-electron chi connectivity index (χ2n) is 5.06. The van der Waals surface area contributed by atoms with E-state index in [-0.39, 0.29) is 19.0 Å². The third-order valence-electron chi connectivity index (χ3n) is 3.14. The largest absolute Gasteiger partial charge is 0.494 e. The molecule has 0 aliphatic carbocycles. The van der Waals surface area contributed by atoms with Gasteiger partial charge in [-0.2, -0.15) is 0 Å². The predicted molar refractivity (Wildman–Crippen MR) is 85.5 cm³/mol. The van der Waals surface area contributed by atoms with Crippen molar-refractivity contribution in [3.8, 4) is 5.75 Å². The summed E-state index contributed by atoms with van der Waals surface area (Å²) in [5.41, 5.74) is 0.939. The number of rotatable bonds is 10. The lowest BCUT2D eigenvalue weighted by molar-refractivity contribution is -0.137. The molecule has 23 heavy (non-hydrogen) atoms. The lowest BCUT2D eigenvalue weighted by Gasteiger charge is -2.17. The van der Waals surface area contributed by atoms with Gasteiger partial charge in [0.2, 0.25) is 0 Å². The highest BCUT2D eigenvalue weighted by molar-refractivity contribution is 5.75. The molecule has 1 aromatic rings. The number of carboxylic acid groups (broad SMARTS) is 1. The molecule has 2 N–H and O–H groups in total. The van der Waals surface area contributed by atoms with Crippen LogP contribution >= 0.6 is 0 Å². The van der Waals surface area contributed by atoms with Gasteiger partial charge in [0.25, 0.3) is 0 Å². The Balaban J connectivity index is 2.31. The SMILES string of the molecule is COCCCOc1ccc(CNC(=O)N(C)CCC(=O)O)cc1. The molecule has 0 aliphatic rings. The number of nitrogens with one attached hydrogen (secondary N) is 1. The summed E-state index contributed by atoms with van der Waals surface area (Å²) in [7, 11) is 3.22. The zero-order valence-electron chi connectivity index (χ0n) is 13.6. The molecule has 1 rings (SSSR count). The average Bonchev–Trinajstić information content (AvgIpc) is 2.55. The summed E-state index contributed by atoms with van der Waals surface area (Å²) in [6.45, 7) is 1.81. The highest BCUT2D eigenvalue weighted by Crippen LogP contribution is 2.12. The van der Waals surface area contributed by atoms with Crippen LogP contribution in [-0.2, 0) is 16.1 Å². The lowest BCUT2D eigenvalue weighted by Crippen LogP contribution is -2.37. The Labute approximate surface area is 136 Å². The number of carbonyl (C=O) groups excluding carboxylic acids is 1. The fraction of sp³-hybridized carbons (Fsp3) is 0.500. The highest BCUT2D eigenvalue weighted by Gasteiger charge is 2.09. The molecular weight excluding hydrogens is 300 g/mol. The summed E-state index contributed by atoms with van der Waals surface area (Å²) in [5.74, 6) is -0.152. The first kappa shape index (κ1) is 18.8. The van der Waals surface area contributed by atoms with Gasteiger partial charge in [0.1, 0.15) is 5.75 Å². The molecule has 2 amide bonds. The smallest absolute Gasteiger partial charge is 0.317 e. The van der Waals surface area contributed by atoms with Gasteiger partial charge in [-0.3, -0.25) is 4.79 Å². The van der Waals surface area contributed by atoms with Gasteiger partial charge in [-0.1, -0.05) is 12.1 Å². The van der Waals surface area contributed by atoms with Crippen molar-refractivity contribution >= 4 is 12.0 Å². The van der Waals surface area contributed by atoms with Crippen molar-refractivity contribution in [1.29, 1.82) is 0 Å². The van der Waals surface area contributed by atoms with Crippen molar-refractivity contribution in [3.63, 3.8) is 0 Å². The molecule has 0 radical (unpaired) electrons. The molecular formula is C16H24N2O5. The summed E-state index contributed by atoms with van der Waals surface area (Å²) in [4.78, 5) is 23.6. The predicted octanol–water partition coefficient (Wildman–Crippen LogP) is 1.72. The molecule has 1 aromatic carbocycles. The van der Waals surface area contributed by atoms with Crippen LogP contribution in [0, 0.1) is 0 Å². The molecule has 0 unspecified atom stereocenters. The number of urea groups is 1. The first-order chi connectivity index (χ1) is 11.0. The molecule has 0 saturated carbocycles. The number of amides is 2. The van der Waals surface area contributed by atoms with Crippen LogP contribution in [0.5, 0.6) is 5.75 Å². The van der Waals surface area contributed by atoms with E-state index in [1.807, 2.05) is 24.3 Å². The third-order valence-corrected chi connectivity index (χ3v) is 3.14. The van der Waals surface area contributed by atoms with Crippen LogP contribution in [0.25, 0.3) is 0 Å². The van der Waals surface area contributed by atoms with Crippen molar-refractivity contribution in [2.45, 2.75) is 19.4 Å². The summed E-state index contributed by atoms with van der Waals surface area (Å²) < 4.78 is 10.5. The number of hydrogen-bond donors (Lipinski definition) is 2. The maximum absolute atomic E-state index is 11.8. The highest BCUT2D eigenvalue weighted by atomic mass is 16.5. The fourth-order valence-corrected chi connectivity index (χ4v) is 1.77. The molecule has 0 spiro atoms. The van der Waals surface area contributed by atoms with Crippen molar-refractivity contribution in [2.75, 3.05) is 33.9 Å². The van der Waals surface area contributed by atoms with Crippen LogP contribution in [0.15, 0.2) is 24.3 Å². The Bertz CT molecular complexity index is 490. The van der Waals surface area contributed by atoms with Gasteiger partial charge in [-0.25, -0.2) is 4.79 Å². The van der Waals surface area contributed by atoms with Crippen LogP contribution < -0.4 is 10.1 Å². The lowest BCUT2D eigenvalue weighted by atomic mass is 10.2. The average molecular weight is 324 g/mol. The molecule has 128 valence electrons. The number of carboxylic acids is 1. The number of nitrogens with zero attached hydrogens (tertiary/aromatic N) is 1. The van der Waals surface area contributed by atoms with Crippen molar-refractivity contribution < 1.29 is 24.2 Å². The summed E-state index contributed by atoms with van der Waals surface area (Å²) in [5, 5.41) is 11.3. The van der Waals surface area contributed by atoms with E-state index in [0.717, 1.165) is 17.7 Å². The molecule has 0 aliphatic heterocycles. The van der Waals surface area contributed by atoms with E-state index >= 15 is 0 Å². The zero-order chi connectivity index (χ0) is 17.1. The maximum Gasteiger partial charge on any atom is 0.317 e. The topological polar surface area (TPSA) is 88.1 Å². The summed E-state index contributed by atoms with van der Waals surface area (Å²) in [6.07, 6.45) is 0.760. The van der Waals surface area contributed by atoms with Crippen molar-refractivity contribution in [2.24, 2.45) is 0 Å². The molecule has 0 saturated heterocycles. The van der Waals surface area contributed by atoms with Crippen LogP contribution in [0.4, 0.5) is 4.79 Å². The Kier molecular flexibility index (Phi) is 8.52. The zero-order valence-corrected chi connectivity index (χ0v) is 13.6. The Morgan fingerprint density at radius 1 is 1.22 bits per heavy atom. The van der Waals surface area contributed by atoms with E-state index in [4.69, 9.17) is 14.6 Å². The van der Waals surface area contributed by atoms with Gasteiger partial charge >= 0.3 is 12.0 Å². The van der Waals surface area contributed by atoms with E-state index in [9.17, 15) is 9.59 Å². The third kappa shape index (κ3) is 8.06. The van der Waals surface area contributed by atoms with Crippen LogP contribution in [0.1, 0.15) is 18.4 Å². The molecule has 0 heterocycles. The minimum absolute atomic E-state index is 0.0704. The Morgan fingerprint density at radius 2 is 1.91 bits per heavy atom. The maximum atomic E-state index is 11.8. The quantitative estimate of drug-likeness (QED) is 0.640. The Hall–Kier alpha value is -2.28. The van der Waals surface area contributed by atoms with E-state index < -0.39 is 5.97 Å². The van der Waals surface area contributed by atoms with Crippen LogP contribution in [-0.4, -0.2) is 55.9 Å². The minimum Gasteiger partial charge on any atom is -0.494 e. The van der Waals surface area contributed by atoms with Crippen LogP contribution in [0.2, 0.25) is 0 Å². The molecule has 7 nitrogen and oxygen atoms in total. The summed E-state index contributed by atoms with van der Waals surface area (Å²) in [6, 6.07) is 7.16. The first-order valence-corrected chi connectivity index (χ1v) is 7.44. The van der Waals surface area contributed by atoms with E-state index in [1.54, 1.807) is 14.2 Å². The van der Waals surface area contributed by atoms with Gasteiger partial charge in [0.05, 0.1) is 13.0 Å². The van der Waals surface area contributed by atoms with Crippen LogP contribution in [0.3, 0.4) is 0 Å². The van der Waals surface area contributed by atoms with Crippen molar-refractivity contribution in [3.05, 3.63) is 29.8 Å². The first-order valence-electron chi connectivity index (χ1n) is 7.44. The molecule has 0 bridgehead atoms. The Morgan fingerprint density at radius 3 is 2.52 bits per heavy atom. The fourth-order valence-electron chi connectivity index (χ4n) is 1.77. The van der Waals surface area contributed by atoms with Gasteiger partial charge in [0, 0.05) is 40.3 Å². The standard InChI is InChI=1S/C16H24N2O5/c1-18(9-8-15(19)20)16(21)17-12-13-4-6-14(7-5-13)23-11-3-10-22-2/h4-7H,3,8-12H2,1-2H3,(H,17,21)(H,19,20). The molecule has 7 heteroatoms. The van der Waals surface area contributed by atoms with E-state index in [1.165, 1.54) is 4.90 Å². The number of aliphatic carboxylic acids is 1. The van der Waals surface area contributed by atoms with Gasteiger partial charge in [-0.15, -0.1) is 0 Å². The monoisotopic (exact) mass is 324 g/mol. The number of ether oxygens (including phenoxy) is 2. The number of methoxy groups -OCH3 is 1. The van der Waals surface area contributed by atoms with Gasteiger partial charge in [-0.05, 0) is 17.7 Å². The minimum atomic E-state index is -0.925. The summed E-state index contributed by atoms with van der Waals surface area (Å²) >= 11 is 0.